The van der Waals surface area contributed by atoms with Crippen LogP contribution in [-0.2, 0) is 9.47 Å². The highest BCUT2D eigenvalue weighted by Crippen LogP contribution is 2.14. The highest BCUT2D eigenvalue weighted by molar-refractivity contribution is 7.99. The lowest BCUT2D eigenvalue weighted by Crippen LogP contribution is -2.19. The molecule has 0 fully saturated rings. The number of hydrogen-bond donors (Lipinski definition) is 2. The number of hydrogen-bond acceptors (Lipinski definition) is 5. The normalized spacial score (nSPS) is 12.7. The first kappa shape index (κ1) is 21.2. The fourth-order valence-corrected chi connectivity index (χ4v) is 3.01. The molecular weight excluding hydrogens is 288 g/mol. The van der Waals surface area contributed by atoms with Crippen LogP contribution in [0, 0.1) is 0 Å². The summed E-state index contributed by atoms with van der Waals surface area (Å²) in [5.74, 6) is 1.88. The van der Waals surface area contributed by atoms with Crippen molar-refractivity contribution < 1.29 is 19.7 Å². The van der Waals surface area contributed by atoms with Gasteiger partial charge in [-0.15, -0.1) is 0 Å². The molecule has 0 heterocycles. The molecule has 0 bridgehead atoms. The lowest BCUT2D eigenvalue weighted by atomic mass is 10.1. The predicted molar refractivity (Wildman–Crippen MR) is 90.0 cm³/mol. The Morgan fingerprint density at radius 3 is 2.33 bits per heavy atom. The number of thioether (sulfide) groups is 1. The molecular formula is C16H34O4S. The fraction of sp³-hybridized carbons (Fsp3) is 1.00. The summed E-state index contributed by atoms with van der Waals surface area (Å²) < 4.78 is 10.9. The van der Waals surface area contributed by atoms with E-state index in [9.17, 15) is 0 Å². The van der Waals surface area contributed by atoms with Gasteiger partial charge in [-0.1, -0.05) is 45.4 Å². The van der Waals surface area contributed by atoms with Gasteiger partial charge in [0.2, 0.25) is 0 Å². The lowest BCUT2D eigenvalue weighted by Gasteiger charge is -2.17. The summed E-state index contributed by atoms with van der Waals surface area (Å²) >= 11 is 1.82. The standard InChI is InChI=1S/C16H34O4S/c1-2-3-4-5-6-7-8-16(20-12-10-18)15-21-14-13-19-11-9-17/h16-18H,2-15H2,1H3. The highest BCUT2D eigenvalue weighted by Gasteiger charge is 2.09. The summed E-state index contributed by atoms with van der Waals surface area (Å²) in [6.45, 7) is 3.95. The Bertz CT molecular complexity index is 177. The van der Waals surface area contributed by atoms with Gasteiger partial charge >= 0.3 is 0 Å². The third kappa shape index (κ3) is 16.4. The van der Waals surface area contributed by atoms with E-state index in [4.69, 9.17) is 19.7 Å². The Balaban J connectivity index is 3.56. The Hall–Kier alpha value is 0.190. The Morgan fingerprint density at radius 2 is 1.62 bits per heavy atom. The number of ether oxygens (including phenoxy) is 2. The monoisotopic (exact) mass is 322 g/mol. The molecule has 0 aromatic heterocycles. The predicted octanol–water partition coefficient (Wildman–Crippen LogP) is 2.86. The zero-order valence-electron chi connectivity index (χ0n) is 13.6. The van der Waals surface area contributed by atoms with Crippen molar-refractivity contribution in [1.29, 1.82) is 0 Å². The minimum Gasteiger partial charge on any atom is -0.394 e. The summed E-state index contributed by atoms with van der Waals surface area (Å²) in [6.07, 6.45) is 9.11. The van der Waals surface area contributed by atoms with Crippen LogP contribution in [0.2, 0.25) is 0 Å². The van der Waals surface area contributed by atoms with Crippen LogP contribution >= 0.6 is 11.8 Å². The van der Waals surface area contributed by atoms with Gasteiger partial charge in [-0.05, 0) is 6.42 Å². The molecule has 0 aliphatic heterocycles. The van der Waals surface area contributed by atoms with E-state index in [-0.39, 0.29) is 19.3 Å². The molecule has 0 rings (SSSR count). The van der Waals surface area contributed by atoms with Gasteiger partial charge in [0.1, 0.15) is 0 Å². The van der Waals surface area contributed by atoms with Crippen LogP contribution in [0.5, 0.6) is 0 Å². The Kier molecular flexibility index (Phi) is 18.4. The fourth-order valence-electron chi connectivity index (χ4n) is 2.09. The molecule has 5 heteroatoms. The van der Waals surface area contributed by atoms with Crippen LogP contribution in [0.3, 0.4) is 0 Å². The van der Waals surface area contributed by atoms with E-state index < -0.39 is 0 Å². The first-order valence-corrected chi connectivity index (χ1v) is 9.49. The van der Waals surface area contributed by atoms with Crippen LogP contribution < -0.4 is 0 Å². The van der Waals surface area contributed by atoms with E-state index in [1.165, 1.54) is 38.5 Å². The first-order chi connectivity index (χ1) is 10.3. The molecule has 0 aliphatic carbocycles. The molecule has 0 aliphatic rings. The average molecular weight is 323 g/mol. The molecule has 21 heavy (non-hydrogen) atoms. The first-order valence-electron chi connectivity index (χ1n) is 8.34. The molecule has 2 N–H and O–H groups in total. The second kappa shape index (κ2) is 18.2. The Labute approximate surface area is 134 Å². The van der Waals surface area contributed by atoms with Crippen LogP contribution in [0.4, 0.5) is 0 Å². The van der Waals surface area contributed by atoms with Crippen molar-refractivity contribution in [3.05, 3.63) is 0 Å². The van der Waals surface area contributed by atoms with Gasteiger partial charge < -0.3 is 19.7 Å². The molecule has 0 spiro atoms. The van der Waals surface area contributed by atoms with E-state index in [1.54, 1.807) is 0 Å². The SMILES string of the molecule is CCCCCCCCC(CSCCOCCO)OCCO. The van der Waals surface area contributed by atoms with Crippen LogP contribution in [-0.4, -0.2) is 60.9 Å². The summed E-state index contributed by atoms with van der Waals surface area (Å²) in [5, 5.41) is 17.5. The molecule has 0 aromatic rings. The quantitative estimate of drug-likeness (QED) is 0.403. The van der Waals surface area contributed by atoms with Crippen LogP contribution in [0.1, 0.15) is 51.9 Å². The van der Waals surface area contributed by atoms with Crippen molar-refractivity contribution in [2.75, 3.05) is 44.5 Å². The topological polar surface area (TPSA) is 58.9 Å². The van der Waals surface area contributed by atoms with Crippen LogP contribution in [0.15, 0.2) is 0 Å². The van der Waals surface area contributed by atoms with E-state index in [0.717, 1.165) is 17.9 Å². The number of aliphatic hydroxyl groups is 2. The van der Waals surface area contributed by atoms with Crippen molar-refractivity contribution in [2.24, 2.45) is 0 Å². The van der Waals surface area contributed by atoms with E-state index in [2.05, 4.69) is 6.92 Å². The summed E-state index contributed by atoms with van der Waals surface area (Å²) in [7, 11) is 0. The van der Waals surface area contributed by atoms with Gasteiger partial charge in [-0.25, -0.2) is 0 Å². The number of unbranched alkanes of at least 4 members (excludes halogenated alkanes) is 5. The summed E-state index contributed by atoms with van der Waals surface area (Å²) in [5.41, 5.74) is 0. The minimum atomic E-state index is 0.0882. The van der Waals surface area contributed by atoms with Crippen molar-refractivity contribution in [3.8, 4) is 0 Å². The maximum Gasteiger partial charge on any atom is 0.0701 e. The zero-order valence-corrected chi connectivity index (χ0v) is 14.4. The molecule has 0 saturated heterocycles. The van der Waals surface area contributed by atoms with Gasteiger partial charge in [-0.2, -0.15) is 11.8 Å². The van der Waals surface area contributed by atoms with Crippen molar-refractivity contribution in [1.82, 2.24) is 0 Å². The second-order valence-corrected chi connectivity index (χ2v) is 6.33. The molecule has 1 unspecified atom stereocenters. The van der Waals surface area contributed by atoms with Crippen molar-refractivity contribution in [2.45, 2.75) is 58.0 Å². The van der Waals surface area contributed by atoms with E-state index in [0.29, 0.717) is 19.8 Å². The maximum atomic E-state index is 8.88. The molecule has 0 saturated carbocycles. The average Bonchev–Trinajstić information content (AvgIpc) is 2.50. The largest absolute Gasteiger partial charge is 0.394 e. The smallest absolute Gasteiger partial charge is 0.0701 e. The van der Waals surface area contributed by atoms with Crippen molar-refractivity contribution in [3.63, 3.8) is 0 Å². The molecule has 4 nitrogen and oxygen atoms in total. The summed E-state index contributed by atoms with van der Waals surface area (Å²) in [6, 6.07) is 0. The second-order valence-electron chi connectivity index (χ2n) is 5.18. The third-order valence-corrected chi connectivity index (χ3v) is 4.30. The lowest BCUT2D eigenvalue weighted by molar-refractivity contribution is 0.0359. The van der Waals surface area contributed by atoms with Gasteiger partial charge in [0.25, 0.3) is 0 Å². The minimum absolute atomic E-state index is 0.0882. The van der Waals surface area contributed by atoms with E-state index >= 15 is 0 Å². The zero-order chi connectivity index (χ0) is 15.6. The van der Waals surface area contributed by atoms with Gasteiger partial charge in [0.15, 0.2) is 0 Å². The number of aliphatic hydroxyl groups excluding tert-OH is 2. The number of rotatable bonds is 17. The molecule has 0 amide bonds. The van der Waals surface area contributed by atoms with Gasteiger partial charge in [-0.3, -0.25) is 0 Å². The molecule has 0 aromatic carbocycles. The molecule has 1 atom stereocenters. The van der Waals surface area contributed by atoms with Gasteiger partial charge in [0.05, 0.1) is 39.1 Å². The maximum absolute atomic E-state index is 8.88. The van der Waals surface area contributed by atoms with E-state index in [1.807, 2.05) is 11.8 Å². The van der Waals surface area contributed by atoms with Crippen molar-refractivity contribution >= 4 is 11.8 Å². The third-order valence-electron chi connectivity index (χ3n) is 3.24. The molecule has 128 valence electrons. The molecule has 0 radical (unpaired) electrons. The Morgan fingerprint density at radius 1 is 0.905 bits per heavy atom. The highest BCUT2D eigenvalue weighted by atomic mass is 32.2. The van der Waals surface area contributed by atoms with Crippen LogP contribution in [0.25, 0.3) is 0 Å². The summed E-state index contributed by atoms with van der Waals surface area (Å²) in [4.78, 5) is 0. The van der Waals surface area contributed by atoms with Gasteiger partial charge in [0, 0.05) is 11.5 Å².